The van der Waals surface area contributed by atoms with Crippen molar-refractivity contribution >= 4 is 5.69 Å². The SMILES string of the molecule is COc1cc(C)c(N(C)CC2(CO)CCC2)cc1C. The molecule has 1 aliphatic rings. The van der Waals surface area contributed by atoms with Crippen LogP contribution in [-0.4, -0.2) is 32.4 Å². The average Bonchev–Trinajstić information content (AvgIpc) is 2.35. The molecular weight excluding hydrogens is 238 g/mol. The fourth-order valence-corrected chi connectivity index (χ4v) is 3.04. The van der Waals surface area contributed by atoms with Gasteiger partial charge in [-0.1, -0.05) is 6.42 Å². The van der Waals surface area contributed by atoms with E-state index in [-0.39, 0.29) is 5.41 Å². The molecular formula is C16H25NO2. The molecule has 2 rings (SSSR count). The number of hydrogen-bond donors (Lipinski definition) is 1. The summed E-state index contributed by atoms with van der Waals surface area (Å²) >= 11 is 0. The number of aryl methyl sites for hydroxylation is 2. The number of rotatable bonds is 5. The van der Waals surface area contributed by atoms with Crippen LogP contribution in [0.5, 0.6) is 5.75 Å². The second-order valence-electron chi connectivity index (χ2n) is 5.98. The quantitative estimate of drug-likeness (QED) is 0.886. The number of aliphatic hydroxyl groups excluding tert-OH is 1. The number of anilines is 1. The lowest BCUT2D eigenvalue weighted by atomic mass is 9.69. The smallest absolute Gasteiger partial charge is 0.122 e. The van der Waals surface area contributed by atoms with Gasteiger partial charge >= 0.3 is 0 Å². The summed E-state index contributed by atoms with van der Waals surface area (Å²) in [5.74, 6) is 0.940. The van der Waals surface area contributed by atoms with Crippen LogP contribution in [0.4, 0.5) is 5.69 Å². The molecule has 0 radical (unpaired) electrons. The van der Waals surface area contributed by atoms with Crippen LogP contribution in [0.25, 0.3) is 0 Å². The first-order chi connectivity index (χ1) is 9.01. The highest BCUT2D eigenvalue weighted by Gasteiger charge is 2.37. The summed E-state index contributed by atoms with van der Waals surface area (Å²) < 4.78 is 5.36. The minimum absolute atomic E-state index is 0.120. The van der Waals surface area contributed by atoms with Crippen LogP contribution < -0.4 is 9.64 Å². The predicted octanol–water partition coefficient (Wildman–Crippen LogP) is 2.91. The molecule has 0 saturated heterocycles. The zero-order valence-corrected chi connectivity index (χ0v) is 12.5. The summed E-state index contributed by atoms with van der Waals surface area (Å²) in [5.41, 5.74) is 3.73. The maximum atomic E-state index is 9.59. The Hall–Kier alpha value is -1.22. The van der Waals surface area contributed by atoms with E-state index in [4.69, 9.17) is 4.74 Å². The van der Waals surface area contributed by atoms with Crippen molar-refractivity contribution in [1.82, 2.24) is 0 Å². The molecule has 0 bridgehead atoms. The molecule has 0 spiro atoms. The highest BCUT2D eigenvalue weighted by atomic mass is 16.5. The third kappa shape index (κ3) is 2.71. The third-order valence-electron chi connectivity index (χ3n) is 4.45. The first-order valence-electron chi connectivity index (χ1n) is 6.98. The van der Waals surface area contributed by atoms with E-state index in [0.717, 1.165) is 30.7 Å². The Morgan fingerprint density at radius 2 is 1.95 bits per heavy atom. The number of nitrogens with zero attached hydrogens (tertiary/aromatic N) is 1. The van der Waals surface area contributed by atoms with E-state index in [2.05, 4.69) is 37.9 Å². The Morgan fingerprint density at radius 3 is 2.42 bits per heavy atom. The molecule has 0 amide bonds. The van der Waals surface area contributed by atoms with Crippen LogP contribution in [0.3, 0.4) is 0 Å². The van der Waals surface area contributed by atoms with E-state index >= 15 is 0 Å². The van der Waals surface area contributed by atoms with Crippen molar-refractivity contribution in [2.24, 2.45) is 5.41 Å². The van der Waals surface area contributed by atoms with E-state index in [1.165, 1.54) is 17.7 Å². The van der Waals surface area contributed by atoms with Crippen molar-refractivity contribution < 1.29 is 9.84 Å². The number of benzene rings is 1. The molecule has 0 unspecified atom stereocenters. The Bertz CT molecular complexity index is 447. The summed E-state index contributed by atoms with van der Waals surface area (Å²) in [5, 5.41) is 9.59. The van der Waals surface area contributed by atoms with Crippen LogP contribution in [0.15, 0.2) is 12.1 Å². The fourth-order valence-electron chi connectivity index (χ4n) is 3.04. The van der Waals surface area contributed by atoms with Gasteiger partial charge in [-0.05, 0) is 49.9 Å². The molecule has 1 aromatic carbocycles. The topological polar surface area (TPSA) is 32.7 Å². The first-order valence-corrected chi connectivity index (χ1v) is 6.98. The lowest BCUT2D eigenvalue weighted by Gasteiger charge is -2.43. The normalized spacial score (nSPS) is 16.9. The largest absolute Gasteiger partial charge is 0.496 e. The molecule has 1 saturated carbocycles. The summed E-state index contributed by atoms with van der Waals surface area (Å²) in [6.07, 6.45) is 3.53. The molecule has 1 N–H and O–H groups in total. The predicted molar refractivity (Wildman–Crippen MR) is 79.1 cm³/mol. The summed E-state index contributed by atoms with van der Waals surface area (Å²) in [6.45, 7) is 5.41. The highest BCUT2D eigenvalue weighted by Crippen LogP contribution is 2.42. The van der Waals surface area contributed by atoms with Gasteiger partial charge in [-0.25, -0.2) is 0 Å². The van der Waals surface area contributed by atoms with Gasteiger partial charge in [0, 0.05) is 24.7 Å². The van der Waals surface area contributed by atoms with Crippen molar-refractivity contribution in [3.05, 3.63) is 23.3 Å². The number of hydrogen-bond acceptors (Lipinski definition) is 3. The van der Waals surface area contributed by atoms with E-state index in [0.29, 0.717) is 6.61 Å². The van der Waals surface area contributed by atoms with Gasteiger partial charge in [0.25, 0.3) is 0 Å². The lowest BCUT2D eigenvalue weighted by molar-refractivity contribution is 0.0524. The van der Waals surface area contributed by atoms with E-state index in [9.17, 15) is 5.11 Å². The van der Waals surface area contributed by atoms with E-state index < -0.39 is 0 Å². The number of aliphatic hydroxyl groups is 1. The van der Waals surface area contributed by atoms with Gasteiger partial charge in [-0.3, -0.25) is 0 Å². The number of methoxy groups -OCH3 is 1. The van der Waals surface area contributed by atoms with Crippen LogP contribution in [0.1, 0.15) is 30.4 Å². The van der Waals surface area contributed by atoms with Crippen LogP contribution >= 0.6 is 0 Å². The monoisotopic (exact) mass is 263 g/mol. The molecule has 19 heavy (non-hydrogen) atoms. The van der Waals surface area contributed by atoms with Crippen molar-refractivity contribution in [2.75, 3.05) is 32.2 Å². The Labute approximate surface area is 116 Å². The van der Waals surface area contributed by atoms with Crippen molar-refractivity contribution in [3.8, 4) is 5.75 Å². The Balaban J connectivity index is 2.19. The standard InChI is InChI=1S/C16H25NO2/c1-12-9-15(19-4)13(2)8-14(12)17(3)10-16(11-18)6-5-7-16/h8-9,18H,5-7,10-11H2,1-4H3. The second kappa shape index (κ2) is 5.41. The van der Waals surface area contributed by atoms with Gasteiger partial charge in [-0.15, -0.1) is 0 Å². The Morgan fingerprint density at radius 1 is 1.26 bits per heavy atom. The molecule has 1 aliphatic carbocycles. The minimum atomic E-state index is 0.120. The van der Waals surface area contributed by atoms with Gasteiger partial charge in [0.05, 0.1) is 13.7 Å². The molecule has 0 aromatic heterocycles. The maximum absolute atomic E-state index is 9.59. The molecule has 1 fully saturated rings. The third-order valence-corrected chi connectivity index (χ3v) is 4.45. The molecule has 0 atom stereocenters. The molecule has 106 valence electrons. The van der Waals surface area contributed by atoms with Gasteiger partial charge < -0.3 is 14.7 Å². The zero-order chi connectivity index (χ0) is 14.0. The summed E-state index contributed by atoms with van der Waals surface area (Å²) in [6, 6.07) is 4.27. The Kier molecular flexibility index (Phi) is 4.04. The lowest BCUT2D eigenvalue weighted by Crippen LogP contribution is -2.43. The van der Waals surface area contributed by atoms with E-state index in [1.54, 1.807) is 7.11 Å². The molecule has 3 heteroatoms. The second-order valence-corrected chi connectivity index (χ2v) is 5.98. The van der Waals surface area contributed by atoms with Crippen LogP contribution in [0, 0.1) is 19.3 Å². The zero-order valence-electron chi connectivity index (χ0n) is 12.5. The molecule has 1 aromatic rings. The summed E-state index contributed by atoms with van der Waals surface area (Å²) in [4.78, 5) is 2.27. The minimum Gasteiger partial charge on any atom is -0.496 e. The highest BCUT2D eigenvalue weighted by molar-refractivity contribution is 5.58. The summed E-state index contributed by atoms with van der Waals surface area (Å²) in [7, 11) is 3.82. The van der Waals surface area contributed by atoms with E-state index in [1.807, 2.05) is 0 Å². The fraction of sp³-hybridized carbons (Fsp3) is 0.625. The average molecular weight is 263 g/mol. The van der Waals surface area contributed by atoms with Crippen molar-refractivity contribution in [1.29, 1.82) is 0 Å². The van der Waals surface area contributed by atoms with Crippen LogP contribution in [-0.2, 0) is 0 Å². The van der Waals surface area contributed by atoms with Gasteiger partial charge in [0.1, 0.15) is 5.75 Å². The maximum Gasteiger partial charge on any atom is 0.122 e. The van der Waals surface area contributed by atoms with Crippen molar-refractivity contribution in [2.45, 2.75) is 33.1 Å². The van der Waals surface area contributed by atoms with Gasteiger partial charge in [-0.2, -0.15) is 0 Å². The van der Waals surface area contributed by atoms with Crippen molar-refractivity contribution in [3.63, 3.8) is 0 Å². The van der Waals surface area contributed by atoms with Gasteiger partial charge in [0.15, 0.2) is 0 Å². The van der Waals surface area contributed by atoms with Gasteiger partial charge in [0.2, 0.25) is 0 Å². The number of ether oxygens (including phenoxy) is 1. The first kappa shape index (κ1) is 14.2. The molecule has 3 nitrogen and oxygen atoms in total. The molecule has 0 aliphatic heterocycles. The molecule has 0 heterocycles. The van der Waals surface area contributed by atoms with Crippen LogP contribution in [0.2, 0.25) is 0 Å².